The molecule has 2 aromatic rings. The molecule has 1 aliphatic rings. The minimum Gasteiger partial charge on any atom is -0.369 e. The molecule has 0 saturated carbocycles. The maximum atomic E-state index is 13.0. The second-order valence-electron chi connectivity index (χ2n) is 7.07. The van der Waals surface area contributed by atoms with Gasteiger partial charge >= 0.3 is 6.18 Å². The predicted octanol–water partition coefficient (Wildman–Crippen LogP) is 3.55. The molecule has 1 aromatic carbocycles. The van der Waals surface area contributed by atoms with Gasteiger partial charge in [0.25, 0.3) is 0 Å². The van der Waals surface area contributed by atoms with Crippen LogP contribution in [-0.4, -0.2) is 51.3 Å². The Morgan fingerprint density at radius 3 is 2.41 bits per heavy atom. The minimum absolute atomic E-state index is 0.103. The van der Waals surface area contributed by atoms with Gasteiger partial charge in [0.2, 0.25) is 0 Å². The summed E-state index contributed by atoms with van der Waals surface area (Å²) in [5.41, 5.74) is 0.00881. The smallest absolute Gasteiger partial charge is 0.369 e. The third kappa shape index (κ3) is 4.23. The van der Waals surface area contributed by atoms with E-state index >= 15 is 0 Å². The molecular weight excluding hydrogens is 357 g/mol. The van der Waals surface area contributed by atoms with Crippen molar-refractivity contribution in [2.24, 2.45) is 0 Å². The highest BCUT2D eigenvalue weighted by Gasteiger charge is 2.32. The number of piperazine rings is 1. The first-order valence-corrected chi connectivity index (χ1v) is 9.25. The van der Waals surface area contributed by atoms with Crippen molar-refractivity contribution < 1.29 is 13.2 Å². The van der Waals surface area contributed by atoms with E-state index in [-0.39, 0.29) is 12.1 Å². The van der Waals surface area contributed by atoms with Gasteiger partial charge in [-0.1, -0.05) is 13.0 Å². The molecule has 1 aromatic heterocycles. The second-order valence-corrected chi connectivity index (χ2v) is 7.07. The highest BCUT2D eigenvalue weighted by molar-refractivity contribution is 5.49. The Hall–Kier alpha value is -2.16. The highest BCUT2D eigenvalue weighted by atomic mass is 19.4. The monoisotopic (exact) mass is 382 g/mol. The van der Waals surface area contributed by atoms with Crippen molar-refractivity contribution in [3.05, 3.63) is 35.7 Å². The number of halogens is 3. The van der Waals surface area contributed by atoms with Gasteiger partial charge in [-0.3, -0.25) is 4.90 Å². The van der Waals surface area contributed by atoms with Crippen LogP contribution in [0.2, 0.25) is 0 Å². The quantitative estimate of drug-likeness (QED) is 0.792. The number of hydrogen-bond acceptors (Lipinski definition) is 5. The van der Waals surface area contributed by atoms with Crippen LogP contribution in [0.1, 0.15) is 50.7 Å². The summed E-state index contributed by atoms with van der Waals surface area (Å²) < 4.78 is 40.7. The largest absolute Gasteiger partial charge is 0.416 e. The van der Waals surface area contributed by atoms with E-state index in [0.717, 1.165) is 31.4 Å². The summed E-state index contributed by atoms with van der Waals surface area (Å²) in [6.45, 7) is 9.01. The maximum absolute atomic E-state index is 13.0. The van der Waals surface area contributed by atoms with Crippen molar-refractivity contribution >= 4 is 5.69 Å². The zero-order valence-electron chi connectivity index (χ0n) is 15.8. The van der Waals surface area contributed by atoms with Crippen LogP contribution in [0.3, 0.4) is 0 Å². The zero-order valence-corrected chi connectivity index (χ0v) is 15.8. The van der Waals surface area contributed by atoms with Crippen LogP contribution >= 0.6 is 0 Å². The number of aromatic nitrogens is 4. The summed E-state index contributed by atoms with van der Waals surface area (Å²) >= 11 is 0. The molecule has 2 heterocycles. The minimum atomic E-state index is -4.32. The van der Waals surface area contributed by atoms with E-state index in [4.69, 9.17) is 0 Å². The SMILES string of the molecule is CC[C@H](c1nnnn1C(C)C)N1CCN(c2cccc(C(F)(F)F)c2)CC1. The molecule has 27 heavy (non-hydrogen) atoms. The van der Waals surface area contributed by atoms with Crippen LogP contribution in [0.4, 0.5) is 18.9 Å². The van der Waals surface area contributed by atoms with Gasteiger partial charge in [0.15, 0.2) is 5.82 Å². The van der Waals surface area contributed by atoms with Crippen molar-refractivity contribution in [1.82, 2.24) is 25.1 Å². The fourth-order valence-electron chi connectivity index (χ4n) is 3.56. The molecule has 9 heteroatoms. The fourth-order valence-corrected chi connectivity index (χ4v) is 3.56. The highest BCUT2D eigenvalue weighted by Crippen LogP contribution is 2.32. The molecule has 0 N–H and O–H groups in total. The van der Waals surface area contributed by atoms with Gasteiger partial charge in [-0.25, -0.2) is 4.68 Å². The van der Waals surface area contributed by atoms with Gasteiger partial charge in [-0.2, -0.15) is 13.2 Å². The molecule has 1 fully saturated rings. The third-order valence-electron chi connectivity index (χ3n) is 4.99. The summed E-state index contributed by atoms with van der Waals surface area (Å²) in [5.74, 6) is 0.847. The van der Waals surface area contributed by atoms with Crippen molar-refractivity contribution in [3.8, 4) is 0 Å². The van der Waals surface area contributed by atoms with Gasteiger partial charge in [-0.15, -0.1) is 5.10 Å². The van der Waals surface area contributed by atoms with Gasteiger partial charge in [0, 0.05) is 31.9 Å². The number of alkyl halides is 3. The van der Waals surface area contributed by atoms with Crippen LogP contribution < -0.4 is 4.90 Å². The van der Waals surface area contributed by atoms with Gasteiger partial charge < -0.3 is 4.90 Å². The number of rotatable bonds is 5. The number of nitrogens with zero attached hydrogens (tertiary/aromatic N) is 6. The molecule has 0 radical (unpaired) electrons. The van der Waals surface area contributed by atoms with Gasteiger partial charge in [0.1, 0.15) is 0 Å². The Labute approximate surface area is 156 Å². The molecule has 3 rings (SSSR count). The van der Waals surface area contributed by atoms with E-state index in [1.807, 2.05) is 23.4 Å². The number of hydrogen-bond donors (Lipinski definition) is 0. The van der Waals surface area contributed by atoms with E-state index in [0.29, 0.717) is 18.8 Å². The summed E-state index contributed by atoms with van der Waals surface area (Å²) in [6, 6.07) is 5.82. The molecule has 0 bridgehead atoms. The number of anilines is 1. The van der Waals surface area contributed by atoms with Crippen LogP contribution in [0.5, 0.6) is 0 Å². The Morgan fingerprint density at radius 1 is 1.11 bits per heavy atom. The lowest BCUT2D eigenvalue weighted by molar-refractivity contribution is -0.137. The Morgan fingerprint density at radius 2 is 1.81 bits per heavy atom. The lowest BCUT2D eigenvalue weighted by Crippen LogP contribution is -2.48. The van der Waals surface area contributed by atoms with Gasteiger partial charge in [0.05, 0.1) is 17.6 Å². The molecule has 0 unspecified atom stereocenters. The van der Waals surface area contributed by atoms with Crippen LogP contribution in [0.15, 0.2) is 24.3 Å². The maximum Gasteiger partial charge on any atom is 0.416 e. The zero-order chi connectivity index (χ0) is 19.6. The van der Waals surface area contributed by atoms with E-state index in [2.05, 4.69) is 27.3 Å². The summed E-state index contributed by atoms with van der Waals surface area (Å²) in [4.78, 5) is 4.32. The Kier molecular flexibility index (Phi) is 5.69. The molecule has 1 aliphatic heterocycles. The first-order valence-electron chi connectivity index (χ1n) is 9.25. The average molecular weight is 382 g/mol. The first-order chi connectivity index (χ1) is 12.8. The molecule has 0 spiro atoms. The Bertz CT molecular complexity index is 750. The lowest BCUT2D eigenvalue weighted by Gasteiger charge is -2.39. The topological polar surface area (TPSA) is 50.1 Å². The molecule has 1 saturated heterocycles. The molecule has 148 valence electrons. The van der Waals surface area contributed by atoms with Crippen LogP contribution in [0, 0.1) is 0 Å². The van der Waals surface area contributed by atoms with Crippen molar-refractivity contribution in [2.75, 3.05) is 31.1 Å². The summed E-state index contributed by atoms with van der Waals surface area (Å²) in [5, 5.41) is 12.1. The Balaban J connectivity index is 1.70. The summed E-state index contributed by atoms with van der Waals surface area (Å²) in [6.07, 6.45) is -3.45. The lowest BCUT2D eigenvalue weighted by atomic mass is 10.1. The van der Waals surface area contributed by atoms with E-state index in [1.165, 1.54) is 12.1 Å². The van der Waals surface area contributed by atoms with Crippen molar-refractivity contribution in [1.29, 1.82) is 0 Å². The standard InChI is InChI=1S/C18H25F3N6/c1-4-16(17-22-23-24-27(17)13(2)3)26-10-8-25(9-11-26)15-7-5-6-14(12-15)18(19,20)21/h5-7,12-13,16H,4,8-11H2,1-3H3/t16-/m1/s1. The predicted molar refractivity (Wildman–Crippen MR) is 96.5 cm³/mol. The normalized spacial score (nSPS) is 17.5. The number of tetrazole rings is 1. The molecule has 1 atom stereocenters. The first kappa shape index (κ1) is 19.6. The number of benzene rings is 1. The molecule has 6 nitrogen and oxygen atoms in total. The van der Waals surface area contributed by atoms with Crippen LogP contribution in [-0.2, 0) is 6.18 Å². The van der Waals surface area contributed by atoms with E-state index < -0.39 is 11.7 Å². The van der Waals surface area contributed by atoms with Gasteiger partial charge in [-0.05, 0) is 48.9 Å². The van der Waals surface area contributed by atoms with E-state index in [1.54, 1.807) is 6.07 Å². The fraction of sp³-hybridized carbons (Fsp3) is 0.611. The van der Waals surface area contributed by atoms with Crippen LogP contribution in [0.25, 0.3) is 0 Å². The van der Waals surface area contributed by atoms with E-state index in [9.17, 15) is 13.2 Å². The molecule has 0 amide bonds. The van der Waals surface area contributed by atoms with Crippen molar-refractivity contribution in [2.45, 2.75) is 45.5 Å². The molecular formula is C18H25F3N6. The second kappa shape index (κ2) is 7.84. The average Bonchev–Trinajstić information content (AvgIpc) is 3.12. The molecule has 0 aliphatic carbocycles. The van der Waals surface area contributed by atoms with Crippen molar-refractivity contribution in [3.63, 3.8) is 0 Å². The third-order valence-corrected chi connectivity index (χ3v) is 4.99. The summed E-state index contributed by atoms with van der Waals surface area (Å²) in [7, 11) is 0.